The molecule has 0 spiro atoms. The average molecular weight is 206 g/mol. The zero-order valence-electron chi connectivity index (χ0n) is 7.86. The number of hydrogen-bond acceptors (Lipinski definition) is 4. The molecule has 0 aliphatic rings. The van der Waals surface area contributed by atoms with Crippen LogP contribution in [0.2, 0.25) is 0 Å². The number of halogens is 1. The Morgan fingerprint density at radius 1 is 1.27 bits per heavy atom. The first kappa shape index (κ1) is 9.45. The summed E-state index contributed by atoms with van der Waals surface area (Å²) in [6.45, 7) is 1.76. The Labute approximate surface area is 84.1 Å². The molecule has 0 saturated carbocycles. The van der Waals surface area contributed by atoms with Crippen LogP contribution < -0.4 is 5.56 Å². The van der Waals surface area contributed by atoms with Crippen molar-refractivity contribution in [3.63, 3.8) is 0 Å². The molecule has 0 atom stereocenters. The van der Waals surface area contributed by atoms with Crippen LogP contribution in [-0.4, -0.2) is 19.9 Å². The summed E-state index contributed by atoms with van der Waals surface area (Å²) < 4.78 is 13.3. The second kappa shape index (κ2) is 3.56. The van der Waals surface area contributed by atoms with Gasteiger partial charge in [-0.2, -0.15) is 4.39 Å². The fourth-order valence-electron chi connectivity index (χ4n) is 1.08. The van der Waals surface area contributed by atoms with Gasteiger partial charge in [-0.1, -0.05) is 0 Å². The third-order valence-electron chi connectivity index (χ3n) is 1.82. The summed E-state index contributed by atoms with van der Waals surface area (Å²) in [5.74, 6) is -0.948. The van der Waals surface area contributed by atoms with Crippen LogP contribution in [0.4, 0.5) is 4.39 Å². The maximum atomic E-state index is 13.3. The number of hydrogen-bond donors (Lipinski definition) is 1. The van der Waals surface area contributed by atoms with Crippen molar-refractivity contribution in [3.05, 3.63) is 40.6 Å². The predicted octanol–water partition coefficient (Wildman–Crippen LogP) is 0.674. The quantitative estimate of drug-likeness (QED) is 0.744. The number of aryl methyl sites for hydroxylation is 1. The standard InChI is InChI=1S/C9H7FN4O/c1-5-2-12-6(3-11-5)8-7(10)9(15)14-4-13-8/h2-4H,1H3,(H,13,14,15). The summed E-state index contributed by atoms with van der Waals surface area (Å²) in [5.41, 5.74) is 0.0434. The molecule has 0 aliphatic carbocycles. The molecule has 2 aromatic heterocycles. The summed E-state index contributed by atoms with van der Waals surface area (Å²) in [5, 5.41) is 0. The number of H-pyrrole nitrogens is 1. The molecule has 0 fully saturated rings. The van der Waals surface area contributed by atoms with E-state index in [9.17, 15) is 9.18 Å². The number of aromatic amines is 1. The van der Waals surface area contributed by atoms with E-state index in [2.05, 4.69) is 19.9 Å². The molecule has 0 aromatic carbocycles. The monoisotopic (exact) mass is 206 g/mol. The Kier molecular flexibility index (Phi) is 2.24. The van der Waals surface area contributed by atoms with Crippen LogP contribution in [-0.2, 0) is 0 Å². The van der Waals surface area contributed by atoms with Crippen molar-refractivity contribution in [2.45, 2.75) is 6.92 Å². The molecule has 6 heteroatoms. The lowest BCUT2D eigenvalue weighted by atomic mass is 10.3. The Morgan fingerprint density at radius 3 is 2.73 bits per heavy atom. The average Bonchev–Trinajstić information content (AvgIpc) is 2.24. The van der Waals surface area contributed by atoms with Crippen LogP contribution in [0, 0.1) is 12.7 Å². The van der Waals surface area contributed by atoms with Gasteiger partial charge >= 0.3 is 0 Å². The fourth-order valence-corrected chi connectivity index (χ4v) is 1.08. The zero-order chi connectivity index (χ0) is 10.8. The van der Waals surface area contributed by atoms with Crippen LogP contribution in [0.1, 0.15) is 5.69 Å². The molecule has 0 radical (unpaired) electrons. The minimum absolute atomic E-state index is 0.0914. The lowest BCUT2D eigenvalue weighted by Crippen LogP contribution is -2.13. The molecule has 76 valence electrons. The normalized spacial score (nSPS) is 10.3. The lowest BCUT2D eigenvalue weighted by Gasteiger charge is -1.99. The Balaban J connectivity index is 2.59. The molecule has 0 aliphatic heterocycles. The second-order valence-electron chi connectivity index (χ2n) is 2.94. The van der Waals surface area contributed by atoms with E-state index in [1.807, 2.05) is 0 Å². The van der Waals surface area contributed by atoms with Crippen LogP contribution >= 0.6 is 0 Å². The van der Waals surface area contributed by atoms with Crippen molar-refractivity contribution in [2.24, 2.45) is 0 Å². The van der Waals surface area contributed by atoms with Crippen LogP contribution in [0.5, 0.6) is 0 Å². The number of aromatic nitrogens is 4. The summed E-state index contributed by atoms with van der Waals surface area (Å²) in [4.78, 5) is 24.7. The Hall–Kier alpha value is -2.11. The first-order valence-electron chi connectivity index (χ1n) is 4.20. The van der Waals surface area contributed by atoms with Crippen LogP contribution in [0.25, 0.3) is 11.4 Å². The van der Waals surface area contributed by atoms with Gasteiger partial charge in [-0.15, -0.1) is 0 Å². The van der Waals surface area contributed by atoms with Gasteiger partial charge in [0.05, 0.1) is 18.2 Å². The van der Waals surface area contributed by atoms with Crippen molar-refractivity contribution in [1.29, 1.82) is 0 Å². The Morgan fingerprint density at radius 2 is 2.07 bits per heavy atom. The largest absolute Gasteiger partial charge is 0.311 e. The highest BCUT2D eigenvalue weighted by Crippen LogP contribution is 2.12. The van der Waals surface area contributed by atoms with Gasteiger partial charge in [0, 0.05) is 6.20 Å². The van der Waals surface area contributed by atoms with Crippen molar-refractivity contribution in [1.82, 2.24) is 19.9 Å². The molecule has 2 rings (SSSR count). The predicted molar refractivity (Wildman–Crippen MR) is 50.6 cm³/mol. The van der Waals surface area contributed by atoms with E-state index >= 15 is 0 Å². The number of nitrogens with zero attached hydrogens (tertiary/aromatic N) is 3. The summed E-state index contributed by atoms with van der Waals surface area (Å²) in [7, 11) is 0. The molecule has 0 saturated heterocycles. The molecule has 5 nitrogen and oxygen atoms in total. The first-order valence-corrected chi connectivity index (χ1v) is 4.20. The molecule has 2 aromatic rings. The third kappa shape index (κ3) is 1.74. The number of nitrogens with one attached hydrogen (secondary N) is 1. The zero-order valence-corrected chi connectivity index (χ0v) is 7.86. The van der Waals surface area contributed by atoms with Gasteiger partial charge in [0.2, 0.25) is 5.82 Å². The molecule has 1 N–H and O–H groups in total. The maximum Gasteiger partial charge on any atom is 0.287 e. The molecule has 0 amide bonds. The highest BCUT2D eigenvalue weighted by atomic mass is 19.1. The molecular weight excluding hydrogens is 199 g/mol. The van der Waals surface area contributed by atoms with Gasteiger partial charge in [-0.25, -0.2) is 4.98 Å². The summed E-state index contributed by atoms with van der Waals surface area (Å²) >= 11 is 0. The highest BCUT2D eigenvalue weighted by molar-refractivity contribution is 5.52. The van der Waals surface area contributed by atoms with Gasteiger partial charge in [-0.3, -0.25) is 14.8 Å². The number of rotatable bonds is 1. The molecule has 2 heterocycles. The minimum atomic E-state index is -0.948. The van der Waals surface area contributed by atoms with Crippen molar-refractivity contribution >= 4 is 0 Å². The Bertz CT molecular complexity index is 535. The van der Waals surface area contributed by atoms with Gasteiger partial charge in [0.1, 0.15) is 11.4 Å². The first-order chi connectivity index (χ1) is 7.18. The van der Waals surface area contributed by atoms with E-state index in [-0.39, 0.29) is 11.4 Å². The van der Waals surface area contributed by atoms with Gasteiger partial charge in [0.25, 0.3) is 5.56 Å². The van der Waals surface area contributed by atoms with Gasteiger partial charge in [-0.05, 0) is 6.92 Å². The lowest BCUT2D eigenvalue weighted by molar-refractivity contribution is 0.604. The second-order valence-corrected chi connectivity index (χ2v) is 2.94. The smallest absolute Gasteiger partial charge is 0.287 e. The van der Waals surface area contributed by atoms with Crippen LogP contribution in [0.3, 0.4) is 0 Å². The SMILES string of the molecule is Cc1cnc(-c2nc[nH]c(=O)c2F)cn1. The van der Waals surface area contributed by atoms with E-state index in [0.29, 0.717) is 5.69 Å². The van der Waals surface area contributed by atoms with E-state index in [0.717, 1.165) is 6.33 Å². The maximum absolute atomic E-state index is 13.3. The van der Waals surface area contributed by atoms with E-state index in [4.69, 9.17) is 0 Å². The molecule has 0 bridgehead atoms. The molecule has 15 heavy (non-hydrogen) atoms. The van der Waals surface area contributed by atoms with E-state index < -0.39 is 11.4 Å². The van der Waals surface area contributed by atoms with Crippen molar-refractivity contribution in [2.75, 3.05) is 0 Å². The van der Waals surface area contributed by atoms with Crippen molar-refractivity contribution < 1.29 is 4.39 Å². The summed E-state index contributed by atoms with van der Waals surface area (Å²) in [6.07, 6.45) is 3.99. The summed E-state index contributed by atoms with van der Waals surface area (Å²) in [6, 6.07) is 0. The minimum Gasteiger partial charge on any atom is -0.311 e. The fraction of sp³-hybridized carbons (Fsp3) is 0.111. The molecular formula is C9H7FN4O. The van der Waals surface area contributed by atoms with E-state index in [1.54, 1.807) is 6.92 Å². The van der Waals surface area contributed by atoms with Crippen molar-refractivity contribution in [3.8, 4) is 11.4 Å². The highest BCUT2D eigenvalue weighted by Gasteiger charge is 2.11. The van der Waals surface area contributed by atoms with Crippen LogP contribution in [0.15, 0.2) is 23.5 Å². The topological polar surface area (TPSA) is 71.5 Å². The van der Waals surface area contributed by atoms with Gasteiger partial charge in [0.15, 0.2) is 0 Å². The van der Waals surface area contributed by atoms with E-state index in [1.165, 1.54) is 12.4 Å². The molecule has 0 unspecified atom stereocenters. The van der Waals surface area contributed by atoms with Gasteiger partial charge < -0.3 is 4.98 Å². The third-order valence-corrected chi connectivity index (χ3v) is 1.82.